The molecule has 3 rings (SSSR count). The number of rotatable bonds is 1. The number of hydrogen-bond acceptors (Lipinski definition) is 2. The molecule has 1 aliphatic heterocycles. The zero-order chi connectivity index (χ0) is 11.0. The molecule has 1 N–H and O–H groups in total. The summed E-state index contributed by atoms with van der Waals surface area (Å²) < 4.78 is 2.19. The summed E-state index contributed by atoms with van der Waals surface area (Å²) in [5.74, 6) is 0.639. The summed E-state index contributed by atoms with van der Waals surface area (Å²) in [6, 6.07) is 6.28. The van der Waals surface area contributed by atoms with Crippen LogP contribution in [0.2, 0.25) is 0 Å². The molecule has 16 heavy (non-hydrogen) atoms. The van der Waals surface area contributed by atoms with Gasteiger partial charge in [0.1, 0.15) is 5.65 Å². The molecule has 0 aromatic carbocycles. The molecule has 2 aromatic rings. The van der Waals surface area contributed by atoms with Gasteiger partial charge in [-0.2, -0.15) is 0 Å². The van der Waals surface area contributed by atoms with Crippen molar-refractivity contribution in [1.29, 1.82) is 0 Å². The minimum atomic E-state index is 0.639. The topological polar surface area (TPSA) is 29.3 Å². The van der Waals surface area contributed by atoms with Crippen LogP contribution in [0.25, 0.3) is 5.65 Å². The van der Waals surface area contributed by atoms with Gasteiger partial charge in [0.25, 0.3) is 0 Å². The summed E-state index contributed by atoms with van der Waals surface area (Å²) in [7, 11) is 0. The van der Waals surface area contributed by atoms with Crippen molar-refractivity contribution < 1.29 is 0 Å². The van der Waals surface area contributed by atoms with Crippen LogP contribution in [0.1, 0.15) is 30.1 Å². The highest BCUT2D eigenvalue weighted by atomic mass is 15.0. The summed E-state index contributed by atoms with van der Waals surface area (Å²) >= 11 is 0. The second-order valence-electron chi connectivity index (χ2n) is 4.59. The normalized spacial score (nSPS) is 18.1. The van der Waals surface area contributed by atoms with Crippen LogP contribution in [0.15, 0.2) is 24.4 Å². The van der Waals surface area contributed by atoms with Gasteiger partial charge in [-0.05, 0) is 45.0 Å². The Morgan fingerprint density at radius 2 is 2.12 bits per heavy atom. The summed E-state index contributed by atoms with van der Waals surface area (Å²) in [6.07, 6.45) is 4.63. The van der Waals surface area contributed by atoms with Crippen molar-refractivity contribution >= 4 is 5.65 Å². The maximum absolute atomic E-state index is 4.73. The molecule has 0 amide bonds. The van der Waals surface area contributed by atoms with Crippen LogP contribution in [0.4, 0.5) is 0 Å². The Kier molecular flexibility index (Phi) is 2.40. The van der Waals surface area contributed by atoms with E-state index in [0.717, 1.165) is 18.7 Å². The average Bonchev–Trinajstić information content (AvgIpc) is 2.76. The minimum absolute atomic E-state index is 0.639. The highest BCUT2D eigenvalue weighted by molar-refractivity contribution is 5.42. The lowest BCUT2D eigenvalue weighted by atomic mass is 9.95. The van der Waals surface area contributed by atoms with Crippen molar-refractivity contribution in [1.82, 2.24) is 14.7 Å². The fourth-order valence-electron chi connectivity index (χ4n) is 2.48. The molecule has 0 unspecified atom stereocenters. The van der Waals surface area contributed by atoms with Crippen molar-refractivity contribution in [2.24, 2.45) is 0 Å². The maximum Gasteiger partial charge on any atom is 0.137 e. The highest BCUT2D eigenvalue weighted by Crippen LogP contribution is 2.24. The van der Waals surface area contributed by atoms with Crippen molar-refractivity contribution in [2.75, 3.05) is 13.1 Å². The maximum atomic E-state index is 4.73. The molecule has 2 aromatic heterocycles. The Morgan fingerprint density at radius 3 is 2.88 bits per heavy atom. The minimum Gasteiger partial charge on any atom is -0.317 e. The van der Waals surface area contributed by atoms with Gasteiger partial charge in [-0.25, -0.2) is 4.98 Å². The van der Waals surface area contributed by atoms with E-state index in [2.05, 4.69) is 41.0 Å². The van der Waals surface area contributed by atoms with Crippen molar-refractivity contribution in [3.63, 3.8) is 0 Å². The van der Waals surface area contributed by atoms with Gasteiger partial charge < -0.3 is 9.72 Å². The number of imidazole rings is 1. The molecular weight excluding hydrogens is 198 g/mol. The van der Waals surface area contributed by atoms with Gasteiger partial charge in [0.05, 0.1) is 5.69 Å². The Bertz CT molecular complexity index is 495. The third-order valence-corrected chi connectivity index (χ3v) is 3.47. The summed E-state index contributed by atoms with van der Waals surface area (Å²) in [6.45, 7) is 4.37. The van der Waals surface area contributed by atoms with Gasteiger partial charge in [0.2, 0.25) is 0 Å². The molecule has 3 heteroatoms. The Balaban J connectivity index is 2.01. The van der Waals surface area contributed by atoms with Crippen LogP contribution in [-0.2, 0) is 0 Å². The monoisotopic (exact) mass is 215 g/mol. The first-order valence-corrected chi connectivity index (χ1v) is 6.00. The predicted molar refractivity (Wildman–Crippen MR) is 64.8 cm³/mol. The van der Waals surface area contributed by atoms with Gasteiger partial charge >= 0.3 is 0 Å². The van der Waals surface area contributed by atoms with E-state index in [9.17, 15) is 0 Å². The highest BCUT2D eigenvalue weighted by Gasteiger charge is 2.18. The number of pyridine rings is 1. The lowest BCUT2D eigenvalue weighted by Crippen LogP contribution is -2.26. The van der Waals surface area contributed by atoms with E-state index in [4.69, 9.17) is 4.98 Å². The molecule has 3 nitrogen and oxygen atoms in total. The Morgan fingerprint density at radius 1 is 1.31 bits per heavy atom. The van der Waals surface area contributed by atoms with E-state index in [1.807, 2.05) is 0 Å². The van der Waals surface area contributed by atoms with Crippen LogP contribution in [0, 0.1) is 6.92 Å². The van der Waals surface area contributed by atoms with Crippen molar-refractivity contribution in [3.05, 3.63) is 35.8 Å². The molecule has 1 aliphatic rings. The van der Waals surface area contributed by atoms with E-state index in [1.54, 1.807) is 0 Å². The zero-order valence-electron chi connectivity index (χ0n) is 9.61. The third kappa shape index (κ3) is 1.61. The van der Waals surface area contributed by atoms with E-state index in [0.29, 0.717) is 5.92 Å². The van der Waals surface area contributed by atoms with Crippen LogP contribution in [0.5, 0.6) is 0 Å². The van der Waals surface area contributed by atoms with E-state index in [1.165, 1.54) is 24.2 Å². The fourth-order valence-corrected chi connectivity index (χ4v) is 2.48. The molecule has 84 valence electrons. The average molecular weight is 215 g/mol. The largest absolute Gasteiger partial charge is 0.317 e. The molecule has 0 atom stereocenters. The second kappa shape index (κ2) is 3.91. The van der Waals surface area contributed by atoms with Crippen LogP contribution in [-0.4, -0.2) is 22.5 Å². The number of hydrogen-bond donors (Lipinski definition) is 1. The zero-order valence-corrected chi connectivity index (χ0v) is 9.61. The Hall–Kier alpha value is -1.35. The smallest absolute Gasteiger partial charge is 0.137 e. The third-order valence-electron chi connectivity index (χ3n) is 3.47. The van der Waals surface area contributed by atoms with E-state index in [-0.39, 0.29) is 0 Å². The molecule has 0 saturated carbocycles. The number of aromatic nitrogens is 2. The van der Waals surface area contributed by atoms with Gasteiger partial charge in [0, 0.05) is 17.8 Å². The first-order chi connectivity index (χ1) is 7.84. The van der Waals surface area contributed by atoms with Crippen molar-refractivity contribution in [2.45, 2.75) is 25.7 Å². The van der Waals surface area contributed by atoms with Crippen LogP contribution >= 0.6 is 0 Å². The van der Waals surface area contributed by atoms with Crippen LogP contribution < -0.4 is 5.32 Å². The SMILES string of the molecule is Cc1cccc2nc(C3CCNCC3)cn12. The summed E-state index contributed by atoms with van der Waals surface area (Å²) in [5.41, 5.74) is 3.59. The van der Waals surface area contributed by atoms with E-state index < -0.39 is 0 Å². The van der Waals surface area contributed by atoms with Gasteiger partial charge in [0.15, 0.2) is 0 Å². The second-order valence-corrected chi connectivity index (χ2v) is 4.59. The molecule has 0 bridgehead atoms. The lowest BCUT2D eigenvalue weighted by Gasteiger charge is -2.20. The molecule has 0 radical (unpaired) electrons. The quantitative estimate of drug-likeness (QED) is 0.789. The van der Waals surface area contributed by atoms with Gasteiger partial charge in [-0.3, -0.25) is 0 Å². The molecule has 0 aliphatic carbocycles. The predicted octanol–water partition coefficient (Wildman–Crippen LogP) is 2.11. The molecule has 1 fully saturated rings. The molecule has 3 heterocycles. The van der Waals surface area contributed by atoms with Crippen LogP contribution in [0.3, 0.4) is 0 Å². The lowest BCUT2D eigenvalue weighted by molar-refractivity contribution is 0.454. The first kappa shape index (κ1) is 9.85. The number of piperidine rings is 1. The number of nitrogens with zero attached hydrogens (tertiary/aromatic N) is 2. The Labute approximate surface area is 95.5 Å². The number of aryl methyl sites for hydroxylation is 1. The van der Waals surface area contributed by atoms with E-state index >= 15 is 0 Å². The number of fused-ring (bicyclic) bond motifs is 1. The fraction of sp³-hybridized carbons (Fsp3) is 0.462. The standard InChI is InChI=1S/C13H17N3/c1-10-3-2-4-13-15-12(9-16(10)13)11-5-7-14-8-6-11/h2-4,9,11,14H,5-8H2,1H3. The first-order valence-electron chi connectivity index (χ1n) is 6.00. The number of nitrogens with one attached hydrogen (secondary N) is 1. The van der Waals surface area contributed by atoms with Gasteiger partial charge in [-0.1, -0.05) is 6.07 Å². The molecule has 0 spiro atoms. The van der Waals surface area contributed by atoms with Crippen molar-refractivity contribution in [3.8, 4) is 0 Å². The summed E-state index contributed by atoms with van der Waals surface area (Å²) in [4.78, 5) is 4.73. The summed E-state index contributed by atoms with van der Waals surface area (Å²) in [5, 5.41) is 3.40. The molecule has 1 saturated heterocycles. The molecular formula is C13H17N3. The van der Waals surface area contributed by atoms with Gasteiger partial charge in [-0.15, -0.1) is 0 Å².